The van der Waals surface area contributed by atoms with Crippen molar-refractivity contribution in [2.24, 2.45) is 0 Å². The molecule has 0 aliphatic carbocycles. The van der Waals surface area contributed by atoms with E-state index < -0.39 is 0 Å². The van der Waals surface area contributed by atoms with Crippen molar-refractivity contribution in [2.75, 3.05) is 0 Å². The molecule has 0 saturated carbocycles. The van der Waals surface area contributed by atoms with Crippen LogP contribution in [0.4, 0.5) is 11.4 Å². The second-order valence-electron chi connectivity index (χ2n) is 50.9. The van der Waals surface area contributed by atoms with Crippen LogP contribution >= 0.6 is 0 Å². The molecule has 0 atom stereocenters. The summed E-state index contributed by atoms with van der Waals surface area (Å²) in [5.74, 6) is 0. The summed E-state index contributed by atoms with van der Waals surface area (Å²) in [5, 5.41) is 6.35. The van der Waals surface area contributed by atoms with Gasteiger partial charge in [-0.3, -0.25) is 0 Å². The minimum atomic E-state index is -0.206. The fraction of sp³-hybridized carbons (Fsp3) is 0.387. The molecule has 16 bridgehead atoms. The number of benzene rings is 6. The highest BCUT2D eigenvalue weighted by molar-refractivity contribution is 6.03. The molecule has 6 aromatic carbocycles. The zero-order valence-electron chi connectivity index (χ0n) is 86.9. The van der Waals surface area contributed by atoms with Crippen molar-refractivity contribution in [1.82, 2.24) is 45.2 Å². The van der Waals surface area contributed by atoms with E-state index in [1.54, 1.807) is 0 Å². The van der Waals surface area contributed by atoms with E-state index in [9.17, 15) is 0 Å². The van der Waals surface area contributed by atoms with Gasteiger partial charge < -0.3 is 19.9 Å². The van der Waals surface area contributed by atoms with Crippen LogP contribution in [0.1, 0.15) is 362 Å². The predicted molar refractivity (Wildman–Crippen MR) is 576 cm³/mol. The maximum absolute atomic E-state index is 6.35. The van der Waals surface area contributed by atoms with Gasteiger partial charge in [0, 0.05) is 66.5 Å². The van der Waals surface area contributed by atoms with Gasteiger partial charge in [-0.25, -0.2) is 25.3 Å². The SMILES string of the molecule is CC(C)(C)c1cc(-c2c3nc(c(-c4cc(C(C)(C)C)cc(C(C)(C)C)c4)c4ccc([nH]4)c(-c4cc(C(C)(C)C)cc(C(C)(C)C)c4)c4nc(c([N]c5c6nc(c(-c7cc(C(C)(C)C)cc(C(C)(C)C)c7)c7ccc([nH]7)c(-c7cc(C(C)(C)C)cc(C(C)(C)C)c7)c7nc(c(-c8cc(C(C)(C)C)cc(C(C)(C)C)c8)c8ccc5[nH]8)C=C7)C=C6)c5ccc2[nH]5)C=C4)C=C3)cc(C(C)(C)C)c1. The van der Waals surface area contributed by atoms with Gasteiger partial charge in [-0.1, -0.05) is 358 Å². The molecule has 0 spiro atoms. The molecule has 0 saturated heterocycles. The number of hydrogen-bond donors (Lipinski definition) is 4. The maximum atomic E-state index is 6.35. The molecule has 9 heteroatoms. The molecule has 133 heavy (non-hydrogen) atoms. The third-order valence-electron chi connectivity index (χ3n) is 27.4. The number of fused-ring (bicyclic) bond motifs is 16. The average Bonchev–Trinajstić information content (AvgIpc) is 1.59. The van der Waals surface area contributed by atoms with Crippen LogP contribution in [0.5, 0.6) is 0 Å². The lowest BCUT2D eigenvalue weighted by Gasteiger charge is -2.26. The van der Waals surface area contributed by atoms with Crippen LogP contribution in [-0.2, 0) is 65.0 Å². The molecule has 6 aromatic heterocycles. The van der Waals surface area contributed by atoms with E-state index in [-0.39, 0.29) is 65.0 Å². The largest absolute Gasteiger partial charge is 0.354 e. The lowest BCUT2D eigenvalue weighted by atomic mass is 9.78. The van der Waals surface area contributed by atoms with Gasteiger partial charge in [0.05, 0.1) is 56.6 Å². The number of hydrogen-bond acceptors (Lipinski definition) is 4. The normalized spacial score (nSPS) is 13.9. The molecule has 0 fully saturated rings. The summed E-state index contributed by atoms with van der Waals surface area (Å²) in [6.07, 6.45) is 17.8. The first-order valence-electron chi connectivity index (χ1n) is 48.4. The van der Waals surface area contributed by atoms with Gasteiger partial charge in [-0.15, -0.1) is 0 Å². The quantitative estimate of drug-likeness (QED) is 0.121. The Bertz CT molecular complexity index is 6450. The van der Waals surface area contributed by atoms with Crippen molar-refractivity contribution < 1.29 is 0 Å². The first kappa shape index (κ1) is 94.5. The van der Waals surface area contributed by atoms with Crippen molar-refractivity contribution in [3.63, 3.8) is 0 Å². The van der Waals surface area contributed by atoms with Gasteiger partial charge in [0.15, 0.2) is 0 Å². The summed E-state index contributed by atoms with van der Waals surface area (Å²) < 4.78 is 0. The Hall–Kier alpha value is -11.7. The molecule has 0 unspecified atom stereocenters. The predicted octanol–water partition coefficient (Wildman–Crippen LogP) is 34.8. The molecular weight excluding hydrogens is 1620 g/mol. The van der Waals surface area contributed by atoms with Crippen molar-refractivity contribution in [1.29, 1.82) is 0 Å². The number of H-pyrrole nitrogens is 4. The monoisotopic (exact) mass is 1760 g/mol. The second kappa shape index (κ2) is 32.6. The summed E-state index contributed by atoms with van der Waals surface area (Å²) in [5.41, 5.74) is 39.6. The molecular formula is C124H146N9. The molecule has 4 aliphatic rings. The Balaban J connectivity index is 1.11. The minimum absolute atomic E-state index is 0.169. The van der Waals surface area contributed by atoms with Gasteiger partial charge in [0.25, 0.3) is 0 Å². The molecule has 16 rings (SSSR count). The van der Waals surface area contributed by atoms with Crippen molar-refractivity contribution in [3.05, 3.63) is 270 Å². The van der Waals surface area contributed by atoms with E-state index in [4.69, 9.17) is 25.3 Å². The Labute approximate surface area is 795 Å². The molecule has 12 aromatic rings. The summed E-state index contributed by atoms with van der Waals surface area (Å²) in [6, 6.07) is 61.5. The Kier molecular flexibility index (Phi) is 23.1. The zero-order valence-corrected chi connectivity index (χ0v) is 86.9. The number of nitrogens with one attached hydrogen (secondary N) is 4. The van der Waals surface area contributed by atoms with E-state index in [2.05, 4.69) is 476 Å². The topological polar surface area (TPSA) is 129 Å². The smallest absolute Gasteiger partial charge is 0.113 e. The van der Waals surface area contributed by atoms with Crippen LogP contribution < -0.4 is 5.32 Å². The Morgan fingerprint density at radius 1 is 0.158 bits per heavy atom. The van der Waals surface area contributed by atoms with Crippen LogP contribution in [0.25, 0.3) is 160 Å². The van der Waals surface area contributed by atoms with Gasteiger partial charge in [-0.05, 0) is 262 Å². The van der Waals surface area contributed by atoms with Gasteiger partial charge >= 0.3 is 0 Å². The first-order valence-corrected chi connectivity index (χ1v) is 48.4. The van der Waals surface area contributed by atoms with Gasteiger partial charge in [0.1, 0.15) is 11.4 Å². The van der Waals surface area contributed by atoms with Crippen LogP contribution in [0.2, 0.25) is 0 Å². The molecule has 4 aliphatic heterocycles. The van der Waals surface area contributed by atoms with E-state index >= 15 is 0 Å². The summed E-state index contributed by atoms with van der Waals surface area (Å²) in [7, 11) is 0. The first-order chi connectivity index (χ1) is 61.4. The van der Waals surface area contributed by atoms with Gasteiger partial charge in [0.2, 0.25) is 0 Å². The Morgan fingerprint density at radius 3 is 0.421 bits per heavy atom. The highest BCUT2D eigenvalue weighted by Crippen LogP contribution is 2.49. The standard InChI is InChI=1S/C124H146N9/c1-113(2,3)77-53-71(54-78(65-77)114(4,5)6)105-89-37-41-93(125-89)107(73-57-81(117(13,14)15)67-82(58-73)118(16,17)18)97-45-49-101(129-97)111(102-50-46-98(130-102)108(94-42-38-90(105)126-94)74-59-83(119(19,20)21)68-84(60-74)120(22,23)24)133-112-103-51-47-99(131-103)109(75-61-85(121(25,26)27)69-86(62-75)122(28,29)30)95-43-39-91(127-95)106(72-55-79(115(7,8)9)66-80(56-72)116(10,11)12)92-40-44-96(128-92)110(100-48-52-104(112)132-100)76-63-87(123(31,32)33)70-88(64-76)124(34,35)36/h37-70,125,127,130,132H,1-36H3. The lowest BCUT2D eigenvalue weighted by Crippen LogP contribution is -2.16. The van der Waals surface area contributed by atoms with Gasteiger partial charge in [-0.2, -0.15) is 0 Å². The highest BCUT2D eigenvalue weighted by atomic mass is 15.0. The number of nitrogens with zero attached hydrogens (tertiary/aromatic N) is 5. The number of aromatic amines is 4. The number of aromatic nitrogens is 8. The van der Waals surface area contributed by atoms with E-state index in [0.717, 1.165) is 145 Å². The van der Waals surface area contributed by atoms with Crippen molar-refractivity contribution >= 4 is 104 Å². The van der Waals surface area contributed by atoms with E-state index in [0.29, 0.717) is 22.8 Å². The summed E-state index contributed by atoms with van der Waals surface area (Å²) in [6.45, 7) is 83.7. The minimum Gasteiger partial charge on any atom is -0.354 e. The average molecular weight is 1760 g/mol. The molecule has 687 valence electrons. The van der Waals surface area contributed by atoms with Crippen LogP contribution in [0, 0.1) is 0 Å². The third-order valence-corrected chi connectivity index (χ3v) is 27.4. The van der Waals surface area contributed by atoms with Crippen LogP contribution in [0.3, 0.4) is 0 Å². The van der Waals surface area contributed by atoms with Crippen LogP contribution in [0.15, 0.2) is 158 Å². The fourth-order valence-corrected chi connectivity index (χ4v) is 18.4. The number of rotatable bonds is 8. The van der Waals surface area contributed by atoms with Crippen molar-refractivity contribution in [2.45, 2.75) is 314 Å². The maximum Gasteiger partial charge on any atom is 0.113 e. The second-order valence-corrected chi connectivity index (χ2v) is 50.9. The molecule has 10 heterocycles. The summed E-state index contributed by atoms with van der Waals surface area (Å²) in [4.78, 5) is 41.1. The van der Waals surface area contributed by atoms with Crippen LogP contribution in [-0.4, -0.2) is 39.9 Å². The Morgan fingerprint density at radius 2 is 0.278 bits per heavy atom. The highest BCUT2D eigenvalue weighted by Gasteiger charge is 2.34. The van der Waals surface area contributed by atoms with Crippen molar-refractivity contribution in [3.8, 4) is 66.8 Å². The summed E-state index contributed by atoms with van der Waals surface area (Å²) >= 11 is 0. The lowest BCUT2D eigenvalue weighted by molar-refractivity contribution is 0.568. The zero-order chi connectivity index (χ0) is 96.7. The fourth-order valence-electron chi connectivity index (χ4n) is 18.4. The molecule has 1 radical (unpaired) electrons. The molecule has 0 amide bonds. The molecule has 9 nitrogen and oxygen atoms in total. The molecule has 4 N–H and O–H groups in total. The third kappa shape index (κ3) is 19.2. The van der Waals surface area contributed by atoms with E-state index in [1.165, 1.54) is 66.8 Å². The van der Waals surface area contributed by atoms with E-state index in [1.807, 2.05) is 0 Å².